The molecule has 8 heteroatoms. The highest BCUT2D eigenvalue weighted by molar-refractivity contribution is 7.89. The number of hydrogen-bond acceptors (Lipinski definition) is 6. The first kappa shape index (κ1) is 16.6. The Balaban J connectivity index is 1.77. The molecule has 2 saturated heterocycles. The van der Waals surface area contributed by atoms with E-state index in [4.69, 9.17) is 4.74 Å². The van der Waals surface area contributed by atoms with Crippen molar-refractivity contribution in [2.75, 3.05) is 43.4 Å². The Morgan fingerprint density at radius 3 is 2.78 bits per heavy atom. The van der Waals surface area contributed by atoms with Gasteiger partial charge in [-0.3, -0.25) is 0 Å². The molecule has 0 bridgehead atoms. The number of ether oxygens (including phenoxy) is 1. The molecule has 0 N–H and O–H groups in total. The fourth-order valence-corrected chi connectivity index (χ4v) is 4.48. The molecule has 1 aromatic rings. The molecule has 0 amide bonds. The predicted octanol–water partition coefficient (Wildman–Crippen LogP) is 0.806. The van der Waals surface area contributed by atoms with E-state index in [-0.39, 0.29) is 5.75 Å². The quantitative estimate of drug-likeness (QED) is 0.810. The van der Waals surface area contributed by atoms with Gasteiger partial charge in [0.2, 0.25) is 10.0 Å². The fraction of sp³-hybridized carbons (Fsp3) is 0.733. The molecule has 3 heterocycles. The maximum absolute atomic E-state index is 12.2. The number of sulfonamides is 1. The summed E-state index contributed by atoms with van der Waals surface area (Å²) in [7, 11) is -3.18. The van der Waals surface area contributed by atoms with E-state index in [1.54, 1.807) is 11.2 Å². The van der Waals surface area contributed by atoms with Gasteiger partial charge in [0, 0.05) is 26.2 Å². The van der Waals surface area contributed by atoms with Gasteiger partial charge in [0.1, 0.15) is 0 Å². The van der Waals surface area contributed by atoms with Crippen molar-refractivity contribution in [1.29, 1.82) is 0 Å². The minimum Gasteiger partial charge on any atom is -0.370 e. The van der Waals surface area contributed by atoms with Crippen LogP contribution in [0.15, 0.2) is 12.1 Å². The number of aryl methyl sites for hydroxylation is 1. The van der Waals surface area contributed by atoms with Crippen molar-refractivity contribution in [2.45, 2.75) is 32.3 Å². The monoisotopic (exact) mass is 340 g/mol. The van der Waals surface area contributed by atoms with Gasteiger partial charge in [0.15, 0.2) is 5.82 Å². The molecule has 1 atom stereocenters. The zero-order valence-electron chi connectivity index (χ0n) is 13.7. The third-order valence-corrected chi connectivity index (χ3v) is 6.45. The van der Waals surface area contributed by atoms with Crippen molar-refractivity contribution >= 4 is 15.8 Å². The molecule has 0 aliphatic carbocycles. The van der Waals surface area contributed by atoms with Gasteiger partial charge in [-0.1, -0.05) is 0 Å². The SMILES string of the molecule is CCS(=O)(=O)N1CCO[C@]2(CCCN(c3ccc(C)nn3)C2)C1. The highest BCUT2D eigenvalue weighted by Crippen LogP contribution is 2.31. The number of aromatic nitrogens is 2. The van der Waals surface area contributed by atoms with Crippen LogP contribution >= 0.6 is 0 Å². The topological polar surface area (TPSA) is 75.6 Å². The van der Waals surface area contributed by atoms with E-state index in [2.05, 4.69) is 15.1 Å². The van der Waals surface area contributed by atoms with Crippen LogP contribution in [0.5, 0.6) is 0 Å². The molecule has 1 spiro atoms. The first-order valence-corrected chi connectivity index (χ1v) is 9.72. The van der Waals surface area contributed by atoms with Gasteiger partial charge in [-0.05, 0) is 38.8 Å². The summed E-state index contributed by atoms with van der Waals surface area (Å²) < 4.78 is 32.0. The van der Waals surface area contributed by atoms with Crippen molar-refractivity contribution in [2.24, 2.45) is 0 Å². The molecule has 0 radical (unpaired) electrons. The Labute approximate surface area is 137 Å². The normalized spacial score (nSPS) is 26.6. The van der Waals surface area contributed by atoms with E-state index >= 15 is 0 Å². The maximum Gasteiger partial charge on any atom is 0.214 e. The summed E-state index contributed by atoms with van der Waals surface area (Å²) in [5.74, 6) is 0.963. The lowest BCUT2D eigenvalue weighted by atomic mass is 9.91. The van der Waals surface area contributed by atoms with Crippen molar-refractivity contribution < 1.29 is 13.2 Å². The molecular weight excluding hydrogens is 316 g/mol. The zero-order valence-corrected chi connectivity index (χ0v) is 14.5. The minimum atomic E-state index is -3.18. The van der Waals surface area contributed by atoms with Crippen LogP contribution in [0.4, 0.5) is 5.82 Å². The number of nitrogens with zero attached hydrogens (tertiary/aromatic N) is 4. The van der Waals surface area contributed by atoms with Crippen LogP contribution < -0.4 is 4.90 Å². The average Bonchev–Trinajstić information content (AvgIpc) is 2.55. The fourth-order valence-electron chi connectivity index (χ4n) is 3.33. The standard InChI is InChI=1S/C15H24N4O3S/c1-3-23(20,21)19-9-10-22-15(12-19)7-4-8-18(11-15)14-6-5-13(2)16-17-14/h5-6H,3-4,7-12H2,1-2H3/t15-/m0/s1. The third kappa shape index (κ3) is 3.49. The van der Waals surface area contributed by atoms with Crippen molar-refractivity contribution in [3.8, 4) is 0 Å². The molecule has 7 nitrogen and oxygen atoms in total. The number of anilines is 1. The largest absolute Gasteiger partial charge is 0.370 e. The number of hydrogen-bond donors (Lipinski definition) is 0. The Bertz CT molecular complexity index is 645. The minimum absolute atomic E-state index is 0.135. The first-order chi connectivity index (χ1) is 10.9. The van der Waals surface area contributed by atoms with Gasteiger partial charge in [0.05, 0.1) is 23.7 Å². The number of morpholine rings is 1. The molecule has 23 heavy (non-hydrogen) atoms. The molecule has 0 unspecified atom stereocenters. The van der Waals surface area contributed by atoms with E-state index in [1.165, 1.54) is 0 Å². The smallest absolute Gasteiger partial charge is 0.214 e. The summed E-state index contributed by atoms with van der Waals surface area (Å²) in [6.45, 7) is 6.47. The van der Waals surface area contributed by atoms with Crippen LogP contribution in [0.1, 0.15) is 25.5 Å². The lowest BCUT2D eigenvalue weighted by Crippen LogP contribution is -2.61. The molecule has 3 rings (SSSR count). The molecule has 128 valence electrons. The predicted molar refractivity (Wildman–Crippen MR) is 87.9 cm³/mol. The van der Waals surface area contributed by atoms with Crippen molar-refractivity contribution in [3.63, 3.8) is 0 Å². The molecular formula is C15H24N4O3S. The lowest BCUT2D eigenvalue weighted by molar-refractivity contribution is -0.0950. The van der Waals surface area contributed by atoms with Crippen LogP contribution in [0.3, 0.4) is 0 Å². The highest BCUT2D eigenvalue weighted by Gasteiger charge is 2.43. The summed E-state index contributed by atoms with van der Waals surface area (Å²) in [5.41, 5.74) is 0.445. The summed E-state index contributed by atoms with van der Waals surface area (Å²) in [4.78, 5) is 2.15. The summed E-state index contributed by atoms with van der Waals surface area (Å²) in [6.07, 6.45) is 1.83. The Kier molecular flexibility index (Phi) is 4.57. The second-order valence-corrected chi connectivity index (χ2v) is 8.58. The lowest BCUT2D eigenvalue weighted by Gasteiger charge is -2.47. The summed E-state index contributed by atoms with van der Waals surface area (Å²) in [5, 5.41) is 8.37. The van der Waals surface area contributed by atoms with E-state index in [1.807, 2.05) is 19.1 Å². The van der Waals surface area contributed by atoms with Crippen molar-refractivity contribution in [1.82, 2.24) is 14.5 Å². The van der Waals surface area contributed by atoms with E-state index in [9.17, 15) is 8.42 Å². The number of rotatable bonds is 3. The molecule has 2 aliphatic heterocycles. The Morgan fingerprint density at radius 2 is 2.09 bits per heavy atom. The average molecular weight is 340 g/mol. The second-order valence-electron chi connectivity index (χ2n) is 6.32. The Morgan fingerprint density at radius 1 is 1.26 bits per heavy atom. The van der Waals surface area contributed by atoms with Gasteiger partial charge in [-0.15, -0.1) is 5.10 Å². The molecule has 1 aromatic heterocycles. The highest BCUT2D eigenvalue weighted by atomic mass is 32.2. The van der Waals surface area contributed by atoms with Crippen molar-refractivity contribution in [3.05, 3.63) is 17.8 Å². The second kappa shape index (κ2) is 6.33. The molecule has 2 aliphatic rings. The van der Waals surface area contributed by atoms with E-state index in [0.717, 1.165) is 30.9 Å². The van der Waals surface area contributed by atoms with Gasteiger partial charge < -0.3 is 9.64 Å². The maximum atomic E-state index is 12.2. The van der Waals surface area contributed by atoms with Crippen LogP contribution in [0.25, 0.3) is 0 Å². The molecule has 2 fully saturated rings. The van der Waals surface area contributed by atoms with Crippen LogP contribution in [-0.4, -0.2) is 67.1 Å². The number of piperidine rings is 1. The molecule has 0 aromatic carbocycles. The Hall–Kier alpha value is -1.25. The third-order valence-electron chi connectivity index (χ3n) is 4.62. The van der Waals surface area contributed by atoms with Gasteiger partial charge in [-0.25, -0.2) is 8.42 Å². The first-order valence-electron chi connectivity index (χ1n) is 8.11. The van der Waals surface area contributed by atoms with Crippen LogP contribution in [0.2, 0.25) is 0 Å². The van der Waals surface area contributed by atoms with E-state index in [0.29, 0.717) is 26.2 Å². The van der Waals surface area contributed by atoms with Crippen LogP contribution in [-0.2, 0) is 14.8 Å². The van der Waals surface area contributed by atoms with Crippen LogP contribution in [0, 0.1) is 6.92 Å². The summed E-state index contributed by atoms with van der Waals surface area (Å²) >= 11 is 0. The molecule has 0 saturated carbocycles. The van der Waals surface area contributed by atoms with Gasteiger partial charge in [0.25, 0.3) is 0 Å². The van der Waals surface area contributed by atoms with Gasteiger partial charge in [-0.2, -0.15) is 9.40 Å². The summed E-state index contributed by atoms with van der Waals surface area (Å²) in [6, 6.07) is 3.91. The van der Waals surface area contributed by atoms with Gasteiger partial charge >= 0.3 is 0 Å². The van der Waals surface area contributed by atoms with E-state index < -0.39 is 15.6 Å². The zero-order chi connectivity index (χ0) is 16.5.